The standard InChI is InChI=1S/C11H6Cl2FN/c12-10-2-1-7(4-11(10)13)8-3-9(14)6-15-5-8/h1-6H. The summed E-state index contributed by atoms with van der Waals surface area (Å²) in [5.74, 6) is -0.376. The molecule has 1 aromatic carbocycles. The Kier molecular flexibility index (Phi) is 2.89. The number of halogens is 3. The number of hydrogen-bond acceptors (Lipinski definition) is 1. The first-order chi connectivity index (χ1) is 7.16. The molecule has 0 atom stereocenters. The maximum absolute atomic E-state index is 12.9. The van der Waals surface area contributed by atoms with E-state index in [9.17, 15) is 4.39 Å². The van der Waals surface area contributed by atoms with E-state index in [4.69, 9.17) is 23.2 Å². The first-order valence-electron chi connectivity index (χ1n) is 4.23. The minimum absolute atomic E-state index is 0.376. The predicted octanol–water partition coefficient (Wildman–Crippen LogP) is 4.19. The average molecular weight is 242 g/mol. The van der Waals surface area contributed by atoms with Crippen LogP contribution in [0.4, 0.5) is 4.39 Å². The molecular weight excluding hydrogens is 236 g/mol. The van der Waals surface area contributed by atoms with Crippen molar-refractivity contribution >= 4 is 23.2 Å². The van der Waals surface area contributed by atoms with E-state index in [1.54, 1.807) is 24.4 Å². The number of nitrogens with zero attached hydrogens (tertiary/aromatic N) is 1. The zero-order chi connectivity index (χ0) is 10.8. The molecule has 0 aliphatic rings. The zero-order valence-electron chi connectivity index (χ0n) is 7.55. The Morgan fingerprint density at radius 2 is 1.73 bits per heavy atom. The predicted molar refractivity (Wildman–Crippen MR) is 59.7 cm³/mol. The zero-order valence-corrected chi connectivity index (χ0v) is 9.06. The van der Waals surface area contributed by atoms with Crippen LogP contribution in [0.25, 0.3) is 11.1 Å². The highest BCUT2D eigenvalue weighted by Gasteiger charge is 2.03. The van der Waals surface area contributed by atoms with Crippen LogP contribution < -0.4 is 0 Å². The molecule has 0 N–H and O–H groups in total. The van der Waals surface area contributed by atoms with Crippen molar-refractivity contribution in [3.63, 3.8) is 0 Å². The molecule has 76 valence electrons. The number of pyridine rings is 1. The number of hydrogen-bond donors (Lipinski definition) is 0. The Hall–Kier alpha value is -1.12. The van der Waals surface area contributed by atoms with Crippen LogP contribution in [0, 0.1) is 5.82 Å². The monoisotopic (exact) mass is 241 g/mol. The summed E-state index contributed by atoms with van der Waals surface area (Å²) in [6.07, 6.45) is 2.73. The van der Waals surface area contributed by atoms with E-state index in [0.29, 0.717) is 15.6 Å². The minimum atomic E-state index is -0.376. The third-order valence-electron chi connectivity index (χ3n) is 1.96. The Labute approximate surface area is 96.5 Å². The van der Waals surface area contributed by atoms with Crippen LogP contribution in [0.5, 0.6) is 0 Å². The third kappa shape index (κ3) is 2.28. The maximum Gasteiger partial charge on any atom is 0.142 e. The summed E-state index contributed by atoms with van der Waals surface area (Å²) in [6, 6.07) is 6.52. The first-order valence-corrected chi connectivity index (χ1v) is 4.98. The fraction of sp³-hybridized carbons (Fsp3) is 0. The van der Waals surface area contributed by atoms with Crippen LogP contribution in [-0.4, -0.2) is 4.98 Å². The summed E-state index contributed by atoms with van der Waals surface area (Å²) in [5.41, 5.74) is 1.46. The maximum atomic E-state index is 12.9. The van der Waals surface area contributed by atoms with Gasteiger partial charge in [-0.2, -0.15) is 0 Å². The van der Waals surface area contributed by atoms with Gasteiger partial charge in [0.05, 0.1) is 16.2 Å². The van der Waals surface area contributed by atoms with Crippen LogP contribution in [0.3, 0.4) is 0 Å². The van der Waals surface area contributed by atoms with Crippen molar-refractivity contribution in [2.75, 3.05) is 0 Å². The van der Waals surface area contributed by atoms with E-state index in [2.05, 4.69) is 4.98 Å². The third-order valence-corrected chi connectivity index (χ3v) is 2.70. The molecule has 0 aliphatic heterocycles. The van der Waals surface area contributed by atoms with Crippen LogP contribution >= 0.6 is 23.2 Å². The van der Waals surface area contributed by atoms with Gasteiger partial charge in [-0.3, -0.25) is 4.98 Å². The second kappa shape index (κ2) is 4.17. The molecule has 2 aromatic rings. The molecule has 1 heterocycles. The lowest BCUT2D eigenvalue weighted by atomic mass is 10.1. The highest BCUT2D eigenvalue weighted by Crippen LogP contribution is 2.28. The van der Waals surface area contributed by atoms with Gasteiger partial charge in [0.15, 0.2) is 0 Å². The summed E-state index contributed by atoms with van der Waals surface area (Å²) >= 11 is 11.6. The van der Waals surface area contributed by atoms with Crippen LogP contribution in [0.2, 0.25) is 10.0 Å². The van der Waals surface area contributed by atoms with Crippen LogP contribution in [0.15, 0.2) is 36.7 Å². The number of benzene rings is 1. The van der Waals surface area contributed by atoms with Gasteiger partial charge in [-0.1, -0.05) is 29.3 Å². The molecule has 0 spiro atoms. The molecule has 0 saturated heterocycles. The normalized spacial score (nSPS) is 10.3. The summed E-state index contributed by atoms with van der Waals surface area (Å²) < 4.78 is 12.9. The lowest BCUT2D eigenvalue weighted by molar-refractivity contribution is 0.622. The van der Waals surface area contributed by atoms with Gasteiger partial charge < -0.3 is 0 Å². The number of aromatic nitrogens is 1. The quantitative estimate of drug-likeness (QED) is 0.730. The molecule has 0 radical (unpaired) electrons. The van der Waals surface area contributed by atoms with Crippen molar-refractivity contribution in [2.45, 2.75) is 0 Å². The number of rotatable bonds is 1. The van der Waals surface area contributed by atoms with Gasteiger partial charge in [0, 0.05) is 11.8 Å². The second-order valence-corrected chi connectivity index (χ2v) is 3.84. The Balaban J connectivity index is 2.50. The van der Waals surface area contributed by atoms with Crippen molar-refractivity contribution in [3.8, 4) is 11.1 Å². The lowest BCUT2D eigenvalue weighted by Gasteiger charge is -2.02. The van der Waals surface area contributed by atoms with Gasteiger partial charge in [-0.15, -0.1) is 0 Å². The molecular formula is C11H6Cl2FN. The largest absolute Gasteiger partial charge is 0.261 e. The molecule has 1 aromatic heterocycles. The molecule has 0 fully saturated rings. The highest BCUT2D eigenvalue weighted by molar-refractivity contribution is 6.42. The van der Waals surface area contributed by atoms with E-state index in [1.807, 2.05) is 0 Å². The van der Waals surface area contributed by atoms with Crippen molar-refractivity contribution in [2.24, 2.45) is 0 Å². The smallest absolute Gasteiger partial charge is 0.142 e. The molecule has 0 bridgehead atoms. The van der Waals surface area contributed by atoms with Crippen LogP contribution in [-0.2, 0) is 0 Å². The molecule has 0 amide bonds. The summed E-state index contributed by atoms with van der Waals surface area (Å²) in [5, 5.41) is 0.920. The Bertz CT molecular complexity index is 500. The second-order valence-electron chi connectivity index (χ2n) is 3.02. The van der Waals surface area contributed by atoms with Gasteiger partial charge >= 0.3 is 0 Å². The van der Waals surface area contributed by atoms with Gasteiger partial charge in [-0.25, -0.2) is 4.39 Å². The van der Waals surface area contributed by atoms with Gasteiger partial charge in [0.1, 0.15) is 5.82 Å². The summed E-state index contributed by atoms with van der Waals surface area (Å²) in [4.78, 5) is 3.76. The topological polar surface area (TPSA) is 12.9 Å². The fourth-order valence-corrected chi connectivity index (χ4v) is 1.54. The van der Waals surface area contributed by atoms with Gasteiger partial charge in [0.2, 0.25) is 0 Å². The van der Waals surface area contributed by atoms with E-state index >= 15 is 0 Å². The first kappa shape index (κ1) is 10.4. The molecule has 2 rings (SSSR count). The summed E-state index contributed by atoms with van der Waals surface area (Å²) in [6.45, 7) is 0. The molecule has 4 heteroatoms. The Morgan fingerprint density at radius 1 is 0.933 bits per heavy atom. The molecule has 1 nitrogen and oxygen atoms in total. The Morgan fingerprint density at radius 3 is 2.40 bits per heavy atom. The summed E-state index contributed by atoms with van der Waals surface area (Å²) in [7, 11) is 0. The molecule has 15 heavy (non-hydrogen) atoms. The van der Waals surface area contributed by atoms with E-state index < -0.39 is 0 Å². The highest BCUT2D eigenvalue weighted by atomic mass is 35.5. The van der Waals surface area contributed by atoms with Crippen molar-refractivity contribution < 1.29 is 4.39 Å². The van der Waals surface area contributed by atoms with E-state index in [-0.39, 0.29) is 5.82 Å². The van der Waals surface area contributed by atoms with Crippen LogP contribution in [0.1, 0.15) is 0 Å². The fourth-order valence-electron chi connectivity index (χ4n) is 1.25. The molecule has 0 aliphatic carbocycles. The minimum Gasteiger partial charge on any atom is -0.261 e. The molecule has 0 saturated carbocycles. The average Bonchev–Trinajstić information content (AvgIpc) is 2.22. The lowest BCUT2D eigenvalue weighted by Crippen LogP contribution is -1.83. The van der Waals surface area contributed by atoms with Crippen molar-refractivity contribution in [3.05, 3.63) is 52.5 Å². The van der Waals surface area contributed by atoms with E-state index in [1.165, 1.54) is 6.07 Å². The SMILES string of the molecule is Fc1cncc(-c2ccc(Cl)c(Cl)c2)c1. The van der Waals surface area contributed by atoms with Crippen molar-refractivity contribution in [1.82, 2.24) is 4.98 Å². The van der Waals surface area contributed by atoms with Crippen molar-refractivity contribution in [1.29, 1.82) is 0 Å². The van der Waals surface area contributed by atoms with Gasteiger partial charge in [0.25, 0.3) is 0 Å². The molecule has 0 unspecified atom stereocenters. The van der Waals surface area contributed by atoms with Gasteiger partial charge in [-0.05, 0) is 23.8 Å². The van der Waals surface area contributed by atoms with E-state index in [0.717, 1.165) is 11.8 Å².